The molecule has 0 saturated carbocycles. The molecule has 2 aromatic heterocycles. The Labute approximate surface area is 158 Å². The van der Waals surface area contributed by atoms with Gasteiger partial charge in [0.15, 0.2) is 0 Å². The van der Waals surface area contributed by atoms with E-state index < -0.39 is 0 Å². The van der Waals surface area contributed by atoms with Crippen LogP contribution in [0, 0.1) is 6.92 Å². The van der Waals surface area contributed by atoms with Gasteiger partial charge in [-0.05, 0) is 31.4 Å². The molecule has 0 bridgehead atoms. The molecule has 1 N–H and O–H groups in total. The van der Waals surface area contributed by atoms with E-state index in [0.717, 1.165) is 47.6 Å². The van der Waals surface area contributed by atoms with Crippen LogP contribution in [0.2, 0.25) is 0 Å². The Morgan fingerprint density at radius 1 is 1.41 bits per heavy atom. The molecule has 0 radical (unpaired) electrons. The van der Waals surface area contributed by atoms with Crippen LogP contribution in [0.4, 0.5) is 0 Å². The Balaban J connectivity index is 1.32. The lowest BCUT2D eigenvalue weighted by Gasteiger charge is -2.32. The normalized spacial score (nSPS) is 17.6. The summed E-state index contributed by atoms with van der Waals surface area (Å²) in [6.07, 6.45) is 5.82. The quantitative estimate of drug-likeness (QED) is 0.752. The predicted molar refractivity (Wildman–Crippen MR) is 102 cm³/mol. The molecule has 142 valence electrons. The number of para-hydroxylation sites is 1. The van der Waals surface area contributed by atoms with Crippen molar-refractivity contribution in [2.75, 3.05) is 19.7 Å². The summed E-state index contributed by atoms with van der Waals surface area (Å²) in [6, 6.07) is 6.03. The summed E-state index contributed by atoms with van der Waals surface area (Å²) in [7, 11) is 2.00. The van der Waals surface area contributed by atoms with Crippen molar-refractivity contribution in [3.05, 3.63) is 47.8 Å². The van der Waals surface area contributed by atoms with Gasteiger partial charge in [0.1, 0.15) is 24.9 Å². The van der Waals surface area contributed by atoms with Crippen molar-refractivity contribution < 1.29 is 9.53 Å². The summed E-state index contributed by atoms with van der Waals surface area (Å²) in [5, 5.41) is 0. The van der Waals surface area contributed by atoms with Crippen LogP contribution in [0.15, 0.2) is 30.6 Å². The highest BCUT2D eigenvalue weighted by Gasteiger charge is 2.26. The number of carbonyl (C=O) groups is 1. The number of hydrogen-bond acceptors (Lipinski definition) is 4. The van der Waals surface area contributed by atoms with Gasteiger partial charge in [-0.3, -0.25) is 4.79 Å². The topological polar surface area (TPSA) is 76.0 Å². The summed E-state index contributed by atoms with van der Waals surface area (Å²) >= 11 is 0. The highest BCUT2D eigenvalue weighted by molar-refractivity contribution is 5.78. The number of carbonyl (C=O) groups excluding carboxylic acids is 1. The number of fused-ring (bicyclic) bond motifs is 1. The molecule has 27 heavy (non-hydrogen) atoms. The zero-order valence-corrected chi connectivity index (χ0v) is 15.8. The molecule has 0 spiro atoms. The summed E-state index contributed by atoms with van der Waals surface area (Å²) in [4.78, 5) is 26.7. The number of piperidine rings is 1. The first-order chi connectivity index (χ1) is 13.1. The fourth-order valence-corrected chi connectivity index (χ4v) is 3.81. The van der Waals surface area contributed by atoms with Crippen LogP contribution >= 0.6 is 0 Å². The standard InChI is InChI=1S/C20H25N5O2/c1-14-5-3-7-16-19(14)23-17(22-16)12-27-13-18(26)25-9-4-6-15(11-25)20-21-8-10-24(20)2/h3,5,7-8,10,15H,4,6,9,11-13H2,1-2H3,(H,22,23)/t15-/m0/s1. The minimum absolute atomic E-state index is 0.0289. The third kappa shape index (κ3) is 3.73. The Bertz CT molecular complexity index is 945. The van der Waals surface area contributed by atoms with Gasteiger partial charge in [0.05, 0.1) is 11.0 Å². The van der Waals surface area contributed by atoms with Gasteiger partial charge >= 0.3 is 0 Å². The molecular formula is C20H25N5O2. The van der Waals surface area contributed by atoms with Crippen molar-refractivity contribution in [1.82, 2.24) is 24.4 Å². The number of nitrogens with one attached hydrogen (secondary N) is 1. The number of amides is 1. The van der Waals surface area contributed by atoms with E-state index in [-0.39, 0.29) is 12.5 Å². The number of hydrogen-bond donors (Lipinski definition) is 1. The molecule has 1 fully saturated rings. The van der Waals surface area contributed by atoms with Crippen LogP contribution in [-0.4, -0.2) is 50.0 Å². The van der Waals surface area contributed by atoms with E-state index in [9.17, 15) is 4.79 Å². The van der Waals surface area contributed by atoms with Gasteiger partial charge in [0.2, 0.25) is 5.91 Å². The number of aromatic nitrogens is 4. The smallest absolute Gasteiger partial charge is 0.248 e. The molecule has 1 amide bonds. The van der Waals surface area contributed by atoms with E-state index in [1.54, 1.807) is 0 Å². The van der Waals surface area contributed by atoms with E-state index in [1.807, 2.05) is 54.0 Å². The van der Waals surface area contributed by atoms with E-state index in [4.69, 9.17) is 4.74 Å². The highest BCUT2D eigenvalue weighted by Crippen LogP contribution is 2.25. The molecule has 0 unspecified atom stereocenters. The average molecular weight is 367 g/mol. The number of aromatic amines is 1. The summed E-state index contributed by atoms with van der Waals surface area (Å²) in [6.45, 7) is 3.90. The molecular weight excluding hydrogens is 342 g/mol. The van der Waals surface area contributed by atoms with Gasteiger partial charge in [0, 0.05) is 38.4 Å². The minimum atomic E-state index is 0.0289. The predicted octanol–water partition coefficient (Wildman–Crippen LogP) is 2.53. The van der Waals surface area contributed by atoms with Crippen LogP contribution < -0.4 is 0 Å². The van der Waals surface area contributed by atoms with E-state index in [1.165, 1.54) is 0 Å². The lowest BCUT2D eigenvalue weighted by Crippen LogP contribution is -2.41. The van der Waals surface area contributed by atoms with Gasteiger partial charge in [0.25, 0.3) is 0 Å². The summed E-state index contributed by atoms with van der Waals surface area (Å²) < 4.78 is 7.69. The molecule has 7 heteroatoms. The van der Waals surface area contributed by atoms with Crippen molar-refractivity contribution in [2.45, 2.75) is 32.3 Å². The summed E-state index contributed by atoms with van der Waals surface area (Å²) in [5.74, 6) is 2.12. The van der Waals surface area contributed by atoms with Crippen LogP contribution in [0.3, 0.4) is 0 Å². The van der Waals surface area contributed by atoms with Crippen molar-refractivity contribution in [2.24, 2.45) is 7.05 Å². The molecule has 3 aromatic rings. The second-order valence-corrected chi connectivity index (χ2v) is 7.22. The van der Waals surface area contributed by atoms with Gasteiger partial charge < -0.3 is 19.2 Å². The molecule has 1 aliphatic heterocycles. The number of H-pyrrole nitrogens is 1. The zero-order chi connectivity index (χ0) is 18.8. The maximum atomic E-state index is 12.6. The molecule has 7 nitrogen and oxygen atoms in total. The van der Waals surface area contributed by atoms with E-state index in [0.29, 0.717) is 19.1 Å². The van der Waals surface area contributed by atoms with Gasteiger partial charge in [-0.15, -0.1) is 0 Å². The SMILES string of the molecule is Cc1cccc2[nH]c(COCC(=O)N3CCC[C@H](c4nccn4C)C3)nc12. The molecule has 1 aliphatic rings. The van der Waals surface area contributed by atoms with Crippen molar-refractivity contribution in [1.29, 1.82) is 0 Å². The number of benzene rings is 1. The first kappa shape index (κ1) is 17.7. The number of nitrogens with zero attached hydrogens (tertiary/aromatic N) is 4. The Morgan fingerprint density at radius 2 is 2.30 bits per heavy atom. The third-order valence-corrected chi connectivity index (χ3v) is 5.23. The Morgan fingerprint density at radius 3 is 3.07 bits per heavy atom. The molecule has 1 saturated heterocycles. The van der Waals surface area contributed by atoms with Crippen molar-refractivity contribution in [3.8, 4) is 0 Å². The lowest BCUT2D eigenvalue weighted by molar-refractivity contribution is -0.137. The maximum absolute atomic E-state index is 12.6. The molecule has 1 atom stereocenters. The fourth-order valence-electron chi connectivity index (χ4n) is 3.81. The lowest BCUT2D eigenvalue weighted by atomic mass is 9.97. The molecule has 3 heterocycles. The molecule has 4 rings (SSSR count). The van der Waals surface area contributed by atoms with Gasteiger partial charge in [-0.1, -0.05) is 12.1 Å². The fraction of sp³-hybridized carbons (Fsp3) is 0.450. The number of likely N-dealkylation sites (tertiary alicyclic amines) is 1. The van der Waals surface area contributed by atoms with E-state index >= 15 is 0 Å². The van der Waals surface area contributed by atoms with Crippen LogP contribution in [-0.2, 0) is 23.2 Å². The minimum Gasteiger partial charge on any atom is -0.364 e. The van der Waals surface area contributed by atoms with Crippen molar-refractivity contribution >= 4 is 16.9 Å². The average Bonchev–Trinajstić information content (AvgIpc) is 3.28. The highest BCUT2D eigenvalue weighted by atomic mass is 16.5. The summed E-state index contributed by atoms with van der Waals surface area (Å²) in [5.41, 5.74) is 3.07. The number of rotatable bonds is 5. The second kappa shape index (κ2) is 7.52. The van der Waals surface area contributed by atoms with E-state index in [2.05, 4.69) is 15.0 Å². The number of ether oxygens (including phenoxy) is 1. The third-order valence-electron chi connectivity index (χ3n) is 5.23. The first-order valence-corrected chi connectivity index (χ1v) is 9.39. The zero-order valence-electron chi connectivity index (χ0n) is 15.8. The Kier molecular flexibility index (Phi) is 4.94. The monoisotopic (exact) mass is 367 g/mol. The van der Waals surface area contributed by atoms with Crippen molar-refractivity contribution in [3.63, 3.8) is 0 Å². The molecule has 0 aliphatic carbocycles. The van der Waals surface area contributed by atoms with Crippen LogP contribution in [0.5, 0.6) is 0 Å². The van der Waals surface area contributed by atoms with Crippen LogP contribution in [0.25, 0.3) is 11.0 Å². The Hall–Kier alpha value is -2.67. The molecule has 1 aromatic carbocycles. The number of imidazole rings is 2. The number of aryl methyl sites for hydroxylation is 2. The largest absolute Gasteiger partial charge is 0.364 e. The van der Waals surface area contributed by atoms with Gasteiger partial charge in [-0.2, -0.15) is 0 Å². The first-order valence-electron chi connectivity index (χ1n) is 9.39. The maximum Gasteiger partial charge on any atom is 0.248 e. The van der Waals surface area contributed by atoms with Gasteiger partial charge in [-0.25, -0.2) is 9.97 Å². The second-order valence-electron chi connectivity index (χ2n) is 7.22. The van der Waals surface area contributed by atoms with Crippen LogP contribution in [0.1, 0.15) is 36.0 Å².